The van der Waals surface area contributed by atoms with Gasteiger partial charge < -0.3 is 14.2 Å². The molecule has 0 aromatic heterocycles. The second-order valence-electron chi connectivity index (χ2n) is 7.51. The predicted molar refractivity (Wildman–Crippen MR) is 148 cm³/mol. The van der Waals surface area contributed by atoms with Gasteiger partial charge in [-0.2, -0.15) is 5.10 Å². The van der Waals surface area contributed by atoms with Crippen molar-refractivity contribution in [3.8, 4) is 17.2 Å². The highest BCUT2D eigenvalue weighted by Crippen LogP contribution is 2.32. The van der Waals surface area contributed by atoms with E-state index in [2.05, 4.69) is 80.0 Å². The van der Waals surface area contributed by atoms with Gasteiger partial charge in [-0.05, 0) is 97.4 Å². The molecule has 1 N–H and O–H groups in total. The summed E-state index contributed by atoms with van der Waals surface area (Å²) >= 11 is 4.52. The number of fused-ring (bicyclic) bond motifs is 2. The van der Waals surface area contributed by atoms with E-state index in [0.717, 1.165) is 24.0 Å². The summed E-state index contributed by atoms with van der Waals surface area (Å²) in [5.74, 6) is 1.69. The summed E-state index contributed by atoms with van der Waals surface area (Å²) in [6.07, 6.45) is 1.61. The third-order valence-corrected chi connectivity index (χ3v) is 6.89. The molecule has 1 aliphatic heterocycles. The van der Waals surface area contributed by atoms with Crippen molar-refractivity contribution in [3.63, 3.8) is 0 Å². The molecule has 0 saturated carbocycles. The van der Waals surface area contributed by atoms with Gasteiger partial charge in [0, 0.05) is 5.56 Å². The molecule has 5 rings (SSSR count). The summed E-state index contributed by atoms with van der Waals surface area (Å²) in [5, 5.41) is 6.50. The Kier molecular flexibility index (Phi) is 6.86. The highest BCUT2D eigenvalue weighted by molar-refractivity contribution is 14.1. The van der Waals surface area contributed by atoms with Crippen molar-refractivity contribution in [2.45, 2.75) is 6.61 Å². The van der Waals surface area contributed by atoms with E-state index < -0.39 is 0 Å². The zero-order chi connectivity index (χ0) is 23.5. The normalized spacial score (nSPS) is 12.3. The quantitative estimate of drug-likeness (QED) is 0.152. The van der Waals surface area contributed by atoms with Crippen LogP contribution in [0.15, 0.2) is 77.9 Å². The average molecular weight is 676 g/mol. The van der Waals surface area contributed by atoms with Crippen LogP contribution in [0.4, 0.5) is 0 Å². The monoisotopic (exact) mass is 676 g/mol. The average Bonchev–Trinajstić information content (AvgIpc) is 3.31. The molecule has 1 aliphatic rings. The van der Waals surface area contributed by atoms with Crippen molar-refractivity contribution in [1.29, 1.82) is 0 Å². The fraction of sp³-hybridized carbons (Fsp3) is 0.0769. The van der Waals surface area contributed by atoms with Crippen LogP contribution >= 0.6 is 45.2 Å². The van der Waals surface area contributed by atoms with Crippen LogP contribution in [0.2, 0.25) is 0 Å². The minimum absolute atomic E-state index is 0.164. The van der Waals surface area contributed by atoms with Gasteiger partial charge in [0.15, 0.2) is 11.5 Å². The smallest absolute Gasteiger partial charge is 0.271 e. The second kappa shape index (κ2) is 10.2. The maximum absolute atomic E-state index is 12.4. The van der Waals surface area contributed by atoms with Crippen LogP contribution in [0.1, 0.15) is 21.5 Å². The van der Waals surface area contributed by atoms with Crippen molar-refractivity contribution in [2.75, 3.05) is 6.79 Å². The Labute approximate surface area is 223 Å². The molecule has 1 heterocycles. The zero-order valence-corrected chi connectivity index (χ0v) is 22.1. The number of carbonyl (C=O) groups excluding carboxylic acids is 1. The van der Waals surface area contributed by atoms with E-state index in [1.54, 1.807) is 24.4 Å². The lowest BCUT2D eigenvalue weighted by molar-refractivity contribution is 0.0954. The minimum atomic E-state index is -0.325. The third-order valence-electron chi connectivity index (χ3n) is 5.29. The van der Waals surface area contributed by atoms with Crippen molar-refractivity contribution in [3.05, 3.63) is 96.6 Å². The number of benzene rings is 4. The molecule has 0 spiro atoms. The Morgan fingerprint density at radius 3 is 2.59 bits per heavy atom. The van der Waals surface area contributed by atoms with Crippen LogP contribution < -0.4 is 19.6 Å². The highest BCUT2D eigenvalue weighted by atomic mass is 127. The fourth-order valence-corrected chi connectivity index (χ4v) is 5.76. The van der Waals surface area contributed by atoms with Crippen LogP contribution in [0.25, 0.3) is 10.8 Å². The first-order valence-corrected chi connectivity index (χ1v) is 12.6. The topological polar surface area (TPSA) is 69.2 Å². The van der Waals surface area contributed by atoms with Gasteiger partial charge in [0.2, 0.25) is 6.79 Å². The van der Waals surface area contributed by atoms with Gasteiger partial charge in [-0.1, -0.05) is 42.5 Å². The van der Waals surface area contributed by atoms with E-state index in [1.807, 2.05) is 30.3 Å². The Hall–Kier alpha value is -2.86. The molecule has 0 bridgehead atoms. The van der Waals surface area contributed by atoms with Crippen LogP contribution in [0.5, 0.6) is 17.2 Å². The standard InChI is InChI=1S/C26H18I2N2O4/c27-21-10-16(13-29-30-26(31)18-8-9-23-24(12-18)34-15-33-23)11-22(28)25(21)32-14-19-6-3-5-17-4-1-2-7-20(17)19/h1-13H,14-15H2,(H,30,31)/b29-13-. The molecular formula is C26H18I2N2O4. The molecule has 4 aromatic rings. The summed E-state index contributed by atoms with van der Waals surface area (Å²) < 4.78 is 18.7. The predicted octanol–water partition coefficient (Wildman–Crippen LogP) is 6.12. The molecule has 0 fully saturated rings. The highest BCUT2D eigenvalue weighted by Gasteiger charge is 2.16. The molecule has 34 heavy (non-hydrogen) atoms. The molecule has 0 radical (unpaired) electrons. The molecule has 1 amide bonds. The number of hydrazone groups is 1. The number of nitrogens with one attached hydrogen (secondary N) is 1. The lowest BCUT2D eigenvalue weighted by atomic mass is 10.1. The molecule has 4 aromatic carbocycles. The Balaban J connectivity index is 1.25. The molecule has 0 saturated heterocycles. The summed E-state index contributed by atoms with van der Waals surface area (Å²) in [6.45, 7) is 0.643. The van der Waals surface area contributed by atoms with Crippen LogP contribution in [0.3, 0.4) is 0 Å². The maximum atomic E-state index is 12.4. The van der Waals surface area contributed by atoms with Gasteiger partial charge in [0.25, 0.3) is 5.91 Å². The van der Waals surface area contributed by atoms with Gasteiger partial charge in [-0.15, -0.1) is 0 Å². The number of carbonyl (C=O) groups is 1. The SMILES string of the molecule is O=C(N/N=C\c1cc(I)c(OCc2cccc3ccccc23)c(I)c1)c1ccc2c(c1)OCO2. The summed E-state index contributed by atoms with van der Waals surface area (Å²) in [4.78, 5) is 12.4. The van der Waals surface area contributed by atoms with E-state index in [1.165, 1.54) is 10.8 Å². The van der Waals surface area contributed by atoms with Crippen molar-refractivity contribution in [2.24, 2.45) is 5.10 Å². The first-order chi connectivity index (χ1) is 16.6. The minimum Gasteiger partial charge on any atom is -0.487 e. The first kappa shape index (κ1) is 22.9. The summed E-state index contributed by atoms with van der Waals surface area (Å²) in [6, 6.07) is 23.5. The molecule has 6 nitrogen and oxygen atoms in total. The molecular weight excluding hydrogens is 658 g/mol. The van der Waals surface area contributed by atoms with Gasteiger partial charge in [0.05, 0.1) is 13.4 Å². The number of hydrogen-bond acceptors (Lipinski definition) is 5. The van der Waals surface area contributed by atoms with E-state index in [0.29, 0.717) is 23.7 Å². The number of nitrogens with zero attached hydrogens (tertiary/aromatic N) is 1. The van der Waals surface area contributed by atoms with E-state index in [4.69, 9.17) is 14.2 Å². The lowest BCUT2D eigenvalue weighted by Crippen LogP contribution is -2.17. The largest absolute Gasteiger partial charge is 0.487 e. The van der Waals surface area contributed by atoms with Crippen LogP contribution in [-0.2, 0) is 6.61 Å². The Morgan fingerprint density at radius 1 is 0.971 bits per heavy atom. The number of halogens is 2. The van der Waals surface area contributed by atoms with E-state index in [-0.39, 0.29) is 12.7 Å². The molecule has 8 heteroatoms. The zero-order valence-electron chi connectivity index (χ0n) is 17.8. The van der Waals surface area contributed by atoms with E-state index >= 15 is 0 Å². The number of amides is 1. The van der Waals surface area contributed by atoms with Gasteiger partial charge in [0.1, 0.15) is 12.4 Å². The van der Waals surface area contributed by atoms with Gasteiger partial charge in [-0.25, -0.2) is 5.43 Å². The summed E-state index contributed by atoms with van der Waals surface area (Å²) in [7, 11) is 0. The molecule has 0 unspecified atom stereocenters. The van der Waals surface area contributed by atoms with Crippen molar-refractivity contribution < 1.29 is 19.0 Å². The Bertz CT molecular complexity index is 1390. The Morgan fingerprint density at radius 2 is 1.74 bits per heavy atom. The maximum Gasteiger partial charge on any atom is 0.271 e. The van der Waals surface area contributed by atoms with Crippen LogP contribution in [-0.4, -0.2) is 18.9 Å². The van der Waals surface area contributed by atoms with Crippen molar-refractivity contribution >= 4 is 68.1 Å². The number of hydrogen-bond donors (Lipinski definition) is 1. The number of ether oxygens (including phenoxy) is 3. The third kappa shape index (κ3) is 4.97. The lowest BCUT2D eigenvalue weighted by Gasteiger charge is -2.13. The van der Waals surface area contributed by atoms with Gasteiger partial charge in [-0.3, -0.25) is 4.79 Å². The molecule has 0 aliphatic carbocycles. The van der Waals surface area contributed by atoms with Crippen molar-refractivity contribution in [1.82, 2.24) is 5.43 Å². The first-order valence-electron chi connectivity index (χ1n) is 10.4. The van der Waals surface area contributed by atoms with Crippen LogP contribution in [0, 0.1) is 7.14 Å². The second-order valence-corrected chi connectivity index (χ2v) is 9.83. The fourth-order valence-electron chi connectivity index (χ4n) is 3.63. The molecule has 0 atom stereocenters. The van der Waals surface area contributed by atoms with E-state index in [9.17, 15) is 4.79 Å². The summed E-state index contributed by atoms with van der Waals surface area (Å²) in [5.41, 5.74) is 5.00. The molecule has 170 valence electrons. The number of rotatable bonds is 6. The van der Waals surface area contributed by atoms with Gasteiger partial charge >= 0.3 is 0 Å².